The molecular formula is C48H93NO8. The molecule has 2 unspecified atom stereocenters. The van der Waals surface area contributed by atoms with Gasteiger partial charge in [0, 0.05) is 6.42 Å². The van der Waals surface area contributed by atoms with Crippen molar-refractivity contribution in [2.75, 3.05) is 13.2 Å². The molecule has 0 aromatic rings. The van der Waals surface area contributed by atoms with E-state index in [0.29, 0.717) is 6.42 Å². The van der Waals surface area contributed by atoms with Gasteiger partial charge in [0.15, 0.2) is 6.29 Å². The molecule has 0 aromatic heterocycles. The van der Waals surface area contributed by atoms with Crippen molar-refractivity contribution < 1.29 is 39.8 Å². The molecule has 0 aromatic carbocycles. The molecule has 1 rings (SSSR count). The lowest BCUT2D eigenvalue weighted by molar-refractivity contribution is -0.302. The van der Waals surface area contributed by atoms with Crippen molar-refractivity contribution in [1.29, 1.82) is 0 Å². The highest BCUT2D eigenvalue weighted by molar-refractivity contribution is 5.76. The maximum absolute atomic E-state index is 13.0. The zero-order chi connectivity index (χ0) is 41.6. The molecule has 7 atom stereocenters. The summed E-state index contributed by atoms with van der Waals surface area (Å²) in [6.07, 6.45) is 38.2. The highest BCUT2D eigenvalue weighted by atomic mass is 16.7. The first kappa shape index (κ1) is 53.9. The van der Waals surface area contributed by atoms with Gasteiger partial charge in [-0.3, -0.25) is 4.79 Å². The van der Waals surface area contributed by atoms with Gasteiger partial charge in [-0.1, -0.05) is 219 Å². The number of nitrogens with one attached hydrogen (secondary N) is 1. The van der Waals surface area contributed by atoms with Gasteiger partial charge >= 0.3 is 0 Å². The van der Waals surface area contributed by atoms with Crippen molar-refractivity contribution in [2.45, 2.75) is 275 Å². The van der Waals surface area contributed by atoms with Gasteiger partial charge < -0.3 is 40.3 Å². The first-order valence-corrected chi connectivity index (χ1v) is 24.4. The van der Waals surface area contributed by atoms with Crippen molar-refractivity contribution in [3.05, 3.63) is 12.2 Å². The number of carbonyl (C=O) groups excluding carboxylic acids is 1. The second-order valence-corrected chi connectivity index (χ2v) is 17.3. The maximum atomic E-state index is 13.0. The van der Waals surface area contributed by atoms with Crippen LogP contribution in [0.15, 0.2) is 12.2 Å². The fourth-order valence-corrected chi connectivity index (χ4v) is 7.92. The Morgan fingerprint density at radius 1 is 0.579 bits per heavy atom. The van der Waals surface area contributed by atoms with Crippen LogP contribution in [0.2, 0.25) is 0 Å². The number of ether oxygens (including phenoxy) is 2. The number of amides is 1. The monoisotopic (exact) mass is 812 g/mol. The quantitative estimate of drug-likeness (QED) is 0.0264. The second-order valence-electron chi connectivity index (χ2n) is 17.3. The van der Waals surface area contributed by atoms with Crippen LogP contribution in [-0.4, -0.2) is 87.5 Å². The zero-order valence-electron chi connectivity index (χ0n) is 37.1. The predicted octanol–water partition coefficient (Wildman–Crippen LogP) is 10.5. The van der Waals surface area contributed by atoms with Crippen LogP contribution in [0.4, 0.5) is 0 Å². The minimum absolute atomic E-state index is 0.173. The number of carbonyl (C=O) groups is 1. The van der Waals surface area contributed by atoms with Gasteiger partial charge in [-0.15, -0.1) is 0 Å². The number of hydrogen-bond acceptors (Lipinski definition) is 8. The summed E-state index contributed by atoms with van der Waals surface area (Å²) in [5.74, 6) is -0.173. The highest BCUT2D eigenvalue weighted by Crippen LogP contribution is 2.23. The van der Waals surface area contributed by atoms with E-state index in [4.69, 9.17) is 9.47 Å². The summed E-state index contributed by atoms with van der Waals surface area (Å²) in [6.45, 7) is 3.79. The molecule has 1 aliphatic rings. The number of hydrogen-bond donors (Lipinski definition) is 6. The van der Waals surface area contributed by atoms with Gasteiger partial charge in [0.2, 0.25) is 5.91 Å². The number of rotatable bonds is 41. The lowest BCUT2D eigenvalue weighted by Crippen LogP contribution is -2.60. The van der Waals surface area contributed by atoms with Crippen LogP contribution >= 0.6 is 0 Å². The molecule has 1 saturated heterocycles. The first-order chi connectivity index (χ1) is 27.8. The number of aliphatic hydroxyl groups excluding tert-OH is 5. The Morgan fingerprint density at radius 2 is 0.965 bits per heavy atom. The molecule has 0 radical (unpaired) electrons. The van der Waals surface area contributed by atoms with Crippen molar-refractivity contribution in [2.24, 2.45) is 0 Å². The minimum Gasteiger partial charge on any atom is -0.394 e. The largest absolute Gasteiger partial charge is 0.394 e. The van der Waals surface area contributed by atoms with Crippen LogP contribution in [0.5, 0.6) is 0 Å². The summed E-state index contributed by atoms with van der Waals surface area (Å²) in [5.41, 5.74) is 0. The summed E-state index contributed by atoms with van der Waals surface area (Å²) >= 11 is 0. The molecule has 1 amide bonds. The predicted molar refractivity (Wildman–Crippen MR) is 235 cm³/mol. The fourth-order valence-electron chi connectivity index (χ4n) is 7.92. The van der Waals surface area contributed by atoms with E-state index in [9.17, 15) is 30.3 Å². The topological polar surface area (TPSA) is 149 Å². The second kappa shape index (κ2) is 39.1. The smallest absolute Gasteiger partial charge is 0.220 e. The number of unbranched alkanes of at least 4 members (excludes halogenated alkanes) is 31. The van der Waals surface area contributed by atoms with E-state index in [1.54, 1.807) is 6.08 Å². The summed E-state index contributed by atoms with van der Waals surface area (Å²) in [7, 11) is 0. The average Bonchev–Trinajstić information content (AvgIpc) is 3.21. The zero-order valence-corrected chi connectivity index (χ0v) is 37.1. The molecule has 338 valence electrons. The van der Waals surface area contributed by atoms with Gasteiger partial charge in [-0.05, 0) is 19.3 Å². The van der Waals surface area contributed by atoms with E-state index in [1.807, 2.05) is 6.08 Å². The Kier molecular flexibility index (Phi) is 37.0. The Balaban J connectivity index is 2.32. The normalized spacial score (nSPS) is 21.0. The van der Waals surface area contributed by atoms with Gasteiger partial charge in [0.25, 0.3) is 0 Å². The summed E-state index contributed by atoms with van der Waals surface area (Å²) < 4.78 is 11.2. The Bertz CT molecular complexity index is 904. The minimum atomic E-state index is -1.56. The Hall–Kier alpha value is -1.07. The molecule has 0 saturated carbocycles. The first-order valence-electron chi connectivity index (χ1n) is 24.4. The maximum Gasteiger partial charge on any atom is 0.220 e. The van der Waals surface area contributed by atoms with Crippen LogP contribution in [0, 0.1) is 0 Å². The van der Waals surface area contributed by atoms with Crippen LogP contribution in [0.25, 0.3) is 0 Å². The summed E-state index contributed by atoms with van der Waals surface area (Å²) in [5, 5.41) is 54.3. The fraction of sp³-hybridized carbons (Fsp3) is 0.938. The third-order valence-electron chi connectivity index (χ3n) is 11.9. The lowest BCUT2D eigenvalue weighted by Gasteiger charge is -2.40. The van der Waals surface area contributed by atoms with Crippen LogP contribution in [0.3, 0.4) is 0 Å². The van der Waals surface area contributed by atoms with Crippen molar-refractivity contribution >= 4 is 5.91 Å². The van der Waals surface area contributed by atoms with Gasteiger partial charge in [0.1, 0.15) is 24.4 Å². The van der Waals surface area contributed by atoms with Crippen LogP contribution < -0.4 is 5.32 Å². The summed E-state index contributed by atoms with van der Waals surface area (Å²) in [4.78, 5) is 13.0. The van der Waals surface area contributed by atoms with E-state index >= 15 is 0 Å². The standard InChI is InChI=1S/C48H93NO8/c1-3-5-7-9-11-13-15-17-19-21-23-25-27-29-31-33-35-37-42(51)41(40-56-48-47(55)46(54)45(53)43(39-50)57-48)49-44(52)38-36-34-32-30-28-26-24-22-20-18-16-14-12-10-8-6-4-2/h35,37,41-43,45-48,50-51,53-55H,3-34,36,38-40H2,1-2H3,(H,49,52)/b37-35+/t41-,42+,43-,45-,46?,47?,48-/m0/s1. The molecule has 1 fully saturated rings. The van der Waals surface area contributed by atoms with E-state index in [1.165, 1.54) is 173 Å². The highest BCUT2D eigenvalue weighted by Gasteiger charge is 2.44. The van der Waals surface area contributed by atoms with Gasteiger partial charge in [-0.25, -0.2) is 0 Å². The van der Waals surface area contributed by atoms with Crippen LogP contribution in [-0.2, 0) is 14.3 Å². The van der Waals surface area contributed by atoms with E-state index in [0.717, 1.165) is 38.5 Å². The van der Waals surface area contributed by atoms with Crippen molar-refractivity contribution in [3.8, 4) is 0 Å². The SMILES string of the molecule is CCCCCCCCCCCCCCCCC/C=C/[C@@H](O)[C@H](CO[C@H]1O[C@@H](CO)[C@H](O)C(O)C1O)NC(=O)CCCCCCCCCCCCCCCCCCC. The third-order valence-corrected chi connectivity index (χ3v) is 11.9. The lowest BCUT2D eigenvalue weighted by atomic mass is 9.99. The molecule has 0 bridgehead atoms. The number of allylic oxidation sites excluding steroid dienone is 1. The molecule has 1 heterocycles. The Labute approximate surface area is 350 Å². The van der Waals surface area contributed by atoms with Gasteiger partial charge in [-0.2, -0.15) is 0 Å². The Morgan fingerprint density at radius 3 is 1.37 bits per heavy atom. The van der Waals surface area contributed by atoms with Crippen molar-refractivity contribution in [3.63, 3.8) is 0 Å². The van der Waals surface area contributed by atoms with E-state index in [2.05, 4.69) is 19.2 Å². The van der Waals surface area contributed by atoms with Crippen molar-refractivity contribution in [1.82, 2.24) is 5.32 Å². The molecule has 1 aliphatic heterocycles. The van der Waals surface area contributed by atoms with Gasteiger partial charge in [0.05, 0.1) is 25.4 Å². The average molecular weight is 812 g/mol. The molecule has 9 heteroatoms. The molecule has 0 aliphatic carbocycles. The van der Waals surface area contributed by atoms with E-state index < -0.39 is 49.5 Å². The molecule has 57 heavy (non-hydrogen) atoms. The molecular weight excluding hydrogens is 719 g/mol. The molecule has 0 spiro atoms. The van der Waals surface area contributed by atoms with Crippen LogP contribution in [0.1, 0.15) is 232 Å². The third kappa shape index (κ3) is 29.7. The van der Waals surface area contributed by atoms with E-state index in [-0.39, 0.29) is 12.5 Å². The molecule has 9 nitrogen and oxygen atoms in total. The molecule has 6 N–H and O–H groups in total. The number of aliphatic hydroxyl groups is 5. The summed E-state index contributed by atoms with van der Waals surface area (Å²) in [6, 6.07) is -0.798.